The minimum absolute atomic E-state index is 0.0186. The third-order valence-electron chi connectivity index (χ3n) is 9.15. The summed E-state index contributed by atoms with van der Waals surface area (Å²) in [6.07, 6.45) is 5.53. The fourth-order valence-electron chi connectivity index (χ4n) is 5.74. The summed E-state index contributed by atoms with van der Waals surface area (Å²) >= 11 is 0. The van der Waals surface area contributed by atoms with Gasteiger partial charge in [0, 0.05) is 6.54 Å². The third kappa shape index (κ3) is 6.18. The summed E-state index contributed by atoms with van der Waals surface area (Å²) in [6, 6.07) is 7.63. The van der Waals surface area contributed by atoms with Gasteiger partial charge in [0.1, 0.15) is 11.9 Å². The molecule has 2 N–H and O–H groups in total. The van der Waals surface area contributed by atoms with Gasteiger partial charge in [0.2, 0.25) is 5.91 Å². The predicted molar refractivity (Wildman–Crippen MR) is 155 cm³/mol. The number of imidazole rings is 1. The van der Waals surface area contributed by atoms with Crippen molar-refractivity contribution >= 4 is 24.4 Å². The summed E-state index contributed by atoms with van der Waals surface area (Å²) in [7, 11) is 1.30. The second kappa shape index (κ2) is 11.4. The molecule has 2 unspecified atom stereocenters. The molecule has 2 aliphatic rings. The van der Waals surface area contributed by atoms with Crippen molar-refractivity contribution in [3.05, 3.63) is 36.3 Å². The van der Waals surface area contributed by atoms with Crippen molar-refractivity contribution in [2.75, 3.05) is 13.7 Å². The van der Waals surface area contributed by atoms with Crippen LogP contribution < -0.4 is 10.8 Å². The van der Waals surface area contributed by atoms with Gasteiger partial charge < -0.3 is 24.6 Å². The van der Waals surface area contributed by atoms with Crippen LogP contribution in [0.1, 0.15) is 79.1 Å². The lowest BCUT2D eigenvalue weighted by molar-refractivity contribution is -0.135. The molecule has 0 spiro atoms. The minimum Gasteiger partial charge on any atom is -0.453 e. The van der Waals surface area contributed by atoms with Gasteiger partial charge in [0.15, 0.2) is 0 Å². The number of likely N-dealkylation sites (tertiary alicyclic amines) is 1. The van der Waals surface area contributed by atoms with E-state index in [0.29, 0.717) is 6.54 Å². The summed E-state index contributed by atoms with van der Waals surface area (Å²) in [5, 5.41) is 2.70. The van der Waals surface area contributed by atoms with Crippen LogP contribution in [0.15, 0.2) is 30.5 Å². The Morgan fingerprint density at radius 1 is 1.13 bits per heavy atom. The van der Waals surface area contributed by atoms with E-state index in [1.54, 1.807) is 0 Å². The zero-order valence-electron chi connectivity index (χ0n) is 24.8. The van der Waals surface area contributed by atoms with Gasteiger partial charge in [-0.3, -0.25) is 4.79 Å². The number of rotatable bonds is 10. The van der Waals surface area contributed by atoms with E-state index in [4.69, 9.17) is 9.39 Å². The topological polar surface area (TPSA) is 96.6 Å². The first-order chi connectivity index (χ1) is 18.4. The number of H-pyrrole nitrogens is 1. The predicted octanol–water partition coefficient (Wildman–Crippen LogP) is 5.18. The Kier molecular flexibility index (Phi) is 8.50. The Morgan fingerprint density at radius 2 is 1.79 bits per heavy atom. The van der Waals surface area contributed by atoms with E-state index in [9.17, 15) is 9.59 Å². The zero-order valence-corrected chi connectivity index (χ0v) is 24.8. The average Bonchev–Trinajstić information content (AvgIpc) is 3.45. The van der Waals surface area contributed by atoms with E-state index < -0.39 is 12.1 Å². The van der Waals surface area contributed by atoms with Crippen molar-refractivity contribution < 1.29 is 19.0 Å². The summed E-state index contributed by atoms with van der Waals surface area (Å²) in [6.45, 7) is 15.7. The number of ether oxygens (including phenoxy) is 1. The molecule has 2 fully saturated rings. The standard InChI is InChI=1S/C30H45BN4O4/c1-19(2)25(34-28(37)38-8)27(36)35-17-9-10-24(35)26-32-18-23(33-26)20-11-15-22(16-12-20)31(7)39-30(5,6)29(3,4)21-13-14-21/h11-12,15-16,18-19,21,24-25H,9-10,13-14,17H2,1-8H3,(H,32,33)(H,34,37). The van der Waals surface area contributed by atoms with E-state index >= 15 is 0 Å². The SMILES string of the molecule is COC(=O)NC(C(=O)N1CCCC1c1ncc(-c2ccc(B(C)OC(C)(C)C(C)(C)C3CC3)cc2)[nH]1)C(C)C. The van der Waals surface area contributed by atoms with Gasteiger partial charge in [-0.1, -0.05) is 58.8 Å². The van der Waals surface area contributed by atoms with Gasteiger partial charge in [0.05, 0.1) is 30.6 Å². The van der Waals surface area contributed by atoms with Crippen LogP contribution in [0.25, 0.3) is 11.3 Å². The van der Waals surface area contributed by atoms with Crippen LogP contribution in [0, 0.1) is 17.3 Å². The van der Waals surface area contributed by atoms with Crippen LogP contribution in [-0.4, -0.2) is 59.1 Å². The smallest absolute Gasteiger partial charge is 0.407 e. The highest BCUT2D eigenvalue weighted by molar-refractivity contribution is 6.66. The quantitative estimate of drug-likeness (QED) is 0.408. The molecular weight excluding hydrogens is 491 g/mol. The molecule has 1 saturated heterocycles. The van der Waals surface area contributed by atoms with E-state index in [0.717, 1.165) is 41.3 Å². The lowest BCUT2D eigenvalue weighted by atomic mass is 9.61. The van der Waals surface area contributed by atoms with Crippen LogP contribution in [-0.2, 0) is 14.2 Å². The van der Waals surface area contributed by atoms with Gasteiger partial charge >= 0.3 is 13.0 Å². The number of nitrogens with zero attached hydrogens (tertiary/aromatic N) is 2. The van der Waals surface area contributed by atoms with Gasteiger partial charge in [-0.2, -0.15) is 0 Å². The Bertz CT molecular complexity index is 1160. The molecule has 4 rings (SSSR count). The maximum absolute atomic E-state index is 13.4. The van der Waals surface area contributed by atoms with Crippen LogP contribution in [0.2, 0.25) is 6.82 Å². The highest BCUT2D eigenvalue weighted by atomic mass is 16.5. The minimum atomic E-state index is -0.649. The summed E-state index contributed by atoms with van der Waals surface area (Å²) in [5.41, 5.74) is 2.99. The number of alkyl carbamates (subject to hydrolysis) is 1. The number of hydrogen-bond donors (Lipinski definition) is 2. The molecule has 0 radical (unpaired) electrons. The Labute approximate surface area is 233 Å². The molecular formula is C30H45BN4O4. The second-order valence-electron chi connectivity index (χ2n) is 12.6. The first kappa shape index (κ1) is 29.2. The molecule has 1 aromatic heterocycles. The van der Waals surface area contributed by atoms with E-state index in [2.05, 4.69) is 74.1 Å². The van der Waals surface area contributed by atoms with Gasteiger partial charge in [-0.25, -0.2) is 9.78 Å². The molecule has 8 nitrogen and oxygen atoms in total. The third-order valence-corrected chi connectivity index (χ3v) is 9.15. The normalized spacial score (nSPS) is 18.8. The molecule has 2 aromatic rings. The van der Waals surface area contributed by atoms with Crippen molar-refractivity contribution in [2.24, 2.45) is 17.3 Å². The van der Waals surface area contributed by atoms with Crippen LogP contribution in [0.5, 0.6) is 0 Å². The molecule has 39 heavy (non-hydrogen) atoms. The number of carbonyl (C=O) groups is 2. The highest BCUT2D eigenvalue weighted by Gasteiger charge is 2.49. The molecule has 1 aliphatic heterocycles. The Balaban J connectivity index is 1.44. The van der Waals surface area contributed by atoms with Crippen molar-refractivity contribution in [3.8, 4) is 11.3 Å². The molecule has 0 bridgehead atoms. The number of amides is 2. The molecule has 212 valence electrons. The Hall–Kier alpha value is -2.81. The van der Waals surface area contributed by atoms with Crippen molar-refractivity contribution in [1.82, 2.24) is 20.2 Å². The molecule has 1 aliphatic carbocycles. The molecule has 1 saturated carbocycles. The van der Waals surface area contributed by atoms with E-state index in [-0.39, 0.29) is 35.8 Å². The van der Waals surface area contributed by atoms with Crippen molar-refractivity contribution in [2.45, 2.75) is 91.7 Å². The largest absolute Gasteiger partial charge is 0.453 e. The molecule has 2 heterocycles. The number of carbonyl (C=O) groups excluding carboxylic acids is 2. The number of hydrogen-bond acceptors (Lipinski definition) is 5. The first-order valence-electron chi connectivity index (χ1n) is 14.3. The van der Waals surface area contributed by atoms with E-state index in [1.807, 2.05) is 24.9 Å². The average molecular weight is 537 g/mol. The molecule has 2 atom stereocenters. The maximum atomic E-state index is 13.4. The molecule has 2 amide bonds. The fraction of sp³-hybridized carbons (Fsp3) is 0.633. The van der Waals surface area contributed by atoms with Crippen LogP contribution in [0.3, 0.4) is 0 Å². The lowest BCUT2D eigenvalue weighted by Gasteiger charge is -2.44. The van der Waals surface area contributed by atoms with Crippen molar-refractivity contribution in [1.29, 1.82) is 0 Å². The van der Waals surface area contributed by atoms with Gasteiger partial charge in [-0.15, -0.1) is 0 Å². The lowest BCUT2D eigenvalue weighted by Crippen LogP contribution is -2.51. The summed E-state index contributed by atoms with van der Waals surface area (Å²) in [4.78, 5) is 35.2. The number of aromatic amines is 1. The van der Waals surface area contributed by atoms with Gasteiger partial charge in [-0.05, 0) is 67.8 Å². The van der Waals surface area contributed by atoms with Crippen LogP contribution in [0.4, 0.5) is 4.79 Å². The Morgan fingerprint density at radius 3 is 2.38 bits per heavy atom. The van der Waals surface area contributed by atoms with E-state index in [1.165, 1.54) is 20.0 Å². The monoisotopic (exact) mass is 536 g/mol. The zero-order chi connectivity index (χ0) is 28.5. The number of benzene rings is 1. The molecule has 9 heteroatoms. The van der Waals surface area contributed by atoms with Crippen LogP contribution >= 0.6 is 0 Å². The number of aromatic nitrogens is 2. The number of methoxy groups -OCH3 is 1. The second-order valence-corrected chi connectivity index (χ2v) is 12.6. The highest BCUT2D eigenvalue weighted by Crippen LogP contribution is 2.52. The van der Waals surface area contributed by atoms with Crippen molar-refractivity contribution in [3.63, 3.8) is 0 Å². The summed E-state index contributed by atoms with van der Waals surface area (Å²) < 4.78 is 11.4. The summed E-state index contributed by atoms with van der Waals surface area (Å²) in [5.74, 6) is 1.33. The van der Waals surface area contributed by atoms with Gasteiger partial charge in [0.25, 0.3) is 0 Å². The molecule has 1 aromatic carbocycles. The fourth-order valence-corrected chi connectivity index (χ4v) is 5.74. The number of nitrogens with one attached hydrogen (secondary N) is 2. The maximum Gasteiger partial charge on any atom is 0.407 e. The first-order valence-corrected chi connectivity index (χ1v) is 14.3.